The number of hydrogen-bond donors (Lipinski definition) is 3. The third-order valence-corrected chi connectivity index (χ3v) is 6.10. The van der Waals surface area contributed by atoms with Crippen molar-refractivity contribution < 1.29 is 19.5 Å². The SMILES string of the molecule is CN(C(=O)CCCNc1ccccn1)c1ccc(C[C@H](NC(=O)c2c(Cl)cccc2Cl)C(=O)O)cc1. The number of aliphatic carboxylic acids is 1. The molecule has 0 aliphatic heterocycles. The van der Waals surface area contributed by atoms with Crippen LogP contribution in [0.4, 0.5) is 11.5 Å². The molecule has 8 nitrogen and oxygen atoms in total. The summed E-state index contributed by atoms with van der Waals surface area (Å²) in [4.78, 5) is 42.7. The highest BCUT2D eigenvalue weighted by atomic mass is 35.5. The number of anilines is 2. The maximum Gasteiger partial charge on any atom is 0.326 e. The third kappa shape index (κ3) is 7.44. The summed E-state index contributed by atoms with van der Waals surface area (Å²) in [7, 11) is 1.69. The molecule has 0 aliphatic carbocycles. The number of halogens is 2. The van der Waals surface area contributed by atoms with Crippen molar-refractivity contribution in [2.24, 2.45) is 0 Å². The van der Waals surface area contributed by atoms with Crippen molar-refractivity contribution in [3.05, 3.63) is 88.0 Å². The largest absolute Gasteiger partial charge is 0.480 e. The van der Waals surface area contributed by atoms with Crippen molar-refractivity contribution in [2.75, 3.05) is 23.8 Å². The molecule has 3 rings (SSSR count). The number of benzene rings is 2. The van der Waals surface area contributed by atoms with Gasteiger partial charge in [-0.25, -0.2) is 9.78 Å². The van der Waals surface area contributed by atoms with Gasteiger partial charge in [-0.2, -0.15) is 0 Å². The van der Waals surface area contributed by atoms with E-state index in [0.717, 1.165) is 5.82 Å². The van der Waals surface area contributed by atoms with Crippen LogP contribution in [-0.2, 0) is 16.0 Å². The topological polar surface area (TPSA) is 112 Å². The molecule has 10 heteroatoms. The summed E-state index contributed by atoms with van der Waals surface area (Å²) in [6.45, 7) is 0.622. The van der Waals surface area contributed by atoms with Crippen LogP contribution < -0.4 is 15.5 Å². The quantitative estimate of drug-likeness (QED) is 0.312. The van der Waals surface area contributed by atoms with Crippen LogP contribution >= 0.6 is 23.2 Å². The first-order valence-corrected chi connectivity index (χ1v) is 12.0. The van der Waals surface area contributed by atoms with Crippen LogP contribution in [-0.4, -0.2) is 47.5 Å². The van der Waals surface area contributed by atoms with Gasteiger partial charge in [0.15, 0.2) is 0 Å². The third-order valence-electron chi connectivity index (χ3n) is 5.47. The molecule has 2 amide bonds. The number of aromatic nitrogens is 1. The fourth-order valence-electron chi connectivity index (χ4n) is 3.47. The molecule has 0 bridgehead atoms. The second-order valence-electron chi connectivity index (χ2n) is 8.03. The maximum absolute atomic E-state index is 12.6. The summed E-state index contributed by atoms with van der Waals surface area (Å²) in [6, 6.07) is 15.9. The van der Waals surface area contributed by atoms with Gasteiger partial charge in [-0.3, -0.25) is 9.59 Å². The maximum atomic E-state index is 12.6. The van der Waals surface area contributed by atoms with Gasteiger partial charge < -0.3 is 20.6 Å². The Morgan fingerprint density at radius 1 is 1.00 bits per heavy atom. The van der Waals surface area contributed by atoms with Crippen molar-refractivity contribution in [3.63, 3.8) is 0 Å². The zero-order chi connectivity index (χ0) is 26.1. The lowest BCUT2D eigenvalue weighted by Gasteiger charge is -2.19. The van der Waals surface area contributed by atoms with Crippen molar-refractivity contribution in [1.29, 1.82) is 0 Å². The number of rotatable bonds is 11. The number of carboxylic acids is 1. The Morgan fingerprint density at radius 3 is 2.31 bits per heavy atom. The van der Waals surface area contributed by atoms with Crippen LogP contribution in [0.25, 0.3) is 0 Å². The Labute approximate surface area is 219 Å². The van der Waals surface area contributed by atoms with E-state index in [1.807, 2.05) is 18.2 Å². The van der Waals surface area contributed by atoms with E-state index in [1.165, 1.54) is 12.1 Å². The highest BCUT2D eigenvalue weighted by molar-refractivity contribution is 6.39. The second kappa shape index (κ2) is 12.9. The van der Waals surface area contributed by atoms with E-state index in [1.54, 1.807) is 48.5 Å². The van der Waals surface area contributed by atoms with Gasteiger partial charge in [-0.05, 0) is 48.4 Å². The van der Waals surface area contributed by atoms with E-state index < -0.39 is 17.9 Å². The molecule has 188 valence electrons. The molecule has 1 heterocycles. The van der Waals surface area contributed by atoms with Gasteiger partial charge in [0.05, 0.1) is 15.6 Å². The first kappa shape index (κ1) is 27.0. The zero-order valence-electron chi connectivity index (χ0n) is 19.6. The minimum atomic E-state index is -1.19. The number of carboxylic acid groups (broad SMARTS) is 1. The van der Waals surface area contributed by atoms with Crippen LogP contribution in [0.15, 0.2) is 66.9 Å². The molecule has 3 N–H and O–H groups in total. The van der Waals surface area contributed by atoms with Crippen molar-refractivity contribution in [2.45, 2.75) is 25.3 Å². The van der Waals surface area contributed by atoms with Crippen molar-refractivity contribution in [1.82, 2.24) is 10.3 Å². The summed E-state index contributed by atoms with van der Waals surface area (Å²) in [5, 5.41) is 15.5. The molecule has 0 saturated carbocycles. The Balaban J connectivity index is 1.54. The number of nitrogens with one attached hydrogen (secondary N) is 2. The molecular weight excluding hydrogens is 503 g/mol. The van der Waals surface area contributed by atoms with E-state index in [2.05, 4.69) is 15.6 Å². The molecular formula is C26H26Cl2N4O4. The minimum Gasteiger partial charge on any atom is -0.480 e. The predicted molar refractivity (Wildman–Crippen MR) is 141 cm³/mol. The number of amides is 2. The van der Waals surface area contributed by atoms with E-state index in [-0.39, 0.29) is 27.9 Å². The number of pyridine rings is 1. The first-order chi connectivity index (χ1) is 17.3. The Hall–Kier alpha value is -3.62. The molecule has 0 radical (unpaired) electrons. The zero-order valence-corrected chi connectivity index (χ0v) is 21.1. The van der Waals surface area contributed by atoms with Gasteiger partial charge in [-0.15, -0.1) is 0 Å². The number of nitrogens with zero attached hydrogens (tertiary/aromatic N) is 2. The average molecular weight is 529 g/mol. The molecule has 1 aromatic heterocycles. The van der Waals surface area contributed by atoms with Gasteiger partial charge in [0.25, 0.3) is 5.91 Å². The predicted octanol–water partition coefficient (Wildman–Crippen LogP) is 4.67. The first-order valence-electron chi connectivity index (χ1n) is 11.2. The van der Waals surface area contributed by atoms with E-state index in [4.69, 9.17) is 23.2 Å². The number of hydrogen-bond acceptors (Lipinski definition) is 5. The average Bonchev–Trinajstić information content (AvgIpc) is 2.86. The van der Waals surface area contributed by atoms with Crippen LogP contribution in [0.3, 0.4) is 0 Å². The number of carbonyl (C=O) groups is 3. The summed E-state index contributed by atoms with van der Waals surface area (Å²) >= 11 is 12.1. The molecule has 0 saturated heterocycles. The van der Waals surface area contributed by atoms with Gasteiger partial charge in [0.1, 0.15) is 11.9 Å². The van der Waals surface area contributed by atoms with E-state index in [9.17, 15) is 19.5 Å². The molecule has 3 aromatic rings. The molecule has 0 fully saturated rings. The Kier molecular flexibility index (Phi) is 9.67. The highest BCUT2D eigenvalue weighted by Gasteiger charge is 2.24. The smallest absolute Gasteiger partial charge is 0.326 e. The summed E-state index contributed by atoms with van der Waals surface area (Å²) in [5.74, 6) is -1.14. The normalized spacial score (nSPS) is 11.4. The van der Waals surface area contributed by atoms with Gasteiger partial charge >= 0.3 is 5.97 Å². The summed E-state index contributed by atoms with van der Waals surface area (Å²) < 4.78 is 0. The monoisotopic (exact) mass is 528 g/mol. The lowest BCUT2D eigenvalue weighted by molar-refractivity contribution is -0.139. The highest BCUT2D eigenvalue weighted by Crippen LogP contribution is 2.24. The van der Waals surface area contributed by atoms with Gasteiger partial charge in [-0.1, -0.05) is 47.5 Å². The molecule has 2 aromatic carbocycles. The Morgan fingerprint density at radius 2 is 1.69 bits per heavy atom. The lowest BCUT2D eigenvalue weighted by Crippen LogP contribution is -2.42. The van der Waals surface area contributed by atoms with Crippen LogP contribution in [0.2, 0.25) is 10.0 Å². The van der Waals surface area contributed by atoms with Crippen LogP contribution in [0, 0.1) is 0 Å². The van der Waals surface area contributed by atoms with E-state index in [0.29, 0.717) is 30.6 Å². The van der Waals surface area contributed by atoms with Crippen LogP contribution in [0.5, 0.6) is 0 Å². The van der Waals surface area contributed by atoms with Gasteiger partial charge in [0, 0.05) is 38.3 Å². The Bertz CT molecular complexity index is 1190. The molecule has 1 atom stereocenters. The molecule has 0 aliphatic rings. The molecule has 0 unspecified atom stereocenters. The minimum absolute atomic E-state index is 0.0257. The summed E-state index contributed by atoms with van der Waals surface area (Å²) in [6.07, 6.45) is 2.75. The molecule has 0 spiro atoms. The van der Waals surface area contributed by atoms with Gasteiger partial charge in [0.2, 0.25) is 5.91 Å². The van der Waals surface area contributed by atoms with E-state index >= 15 is 0 Å². The van der Waals surface area contributed by atoms with Crippen LogP contribution in [0.1, 0.15) is 28.8 Å². The molecule has 36 heavy (non-hydrogen) atoms. The fraction of sp³-hybridized carbons (Fsp3) is 0.231. The van der Waals surface area contributed by atoms with Crippen molar-refractivity contribution >= 4 is 52.5 Å². The van der Waals surface area contributed by atoms with Crippen molar-refractivity contribution in [3.8, 4) is 0 Å². The standard InChI is InChI=1S/C26H26Cl2N4O4/c1-32(23(33)9-5-15-30-22-8-2-3-14-29-22)18-12-10-17(11-13-18)16-21(26(35)36)31-25(34)24-19(27)6-4-7-20(24)28/h2-4,6-8,10-14,21H,5,9,15-16H2,1H3,(H,29,30)(H,31,34)(H,35,36)/t21-/m0/s1. The lowest BCUT2D eigenvalue weighted by atomic mass is 10.0. The summed E-state index contributed by atoms with van der Waals surface area (Å²) in [5.41, 5.74) is 1.38. The number of carbonyl (C=O) groups excluding carboxylic acids is 2. The fourth-order valence-corrected chi connectivity index (χ4v) is 4.04. The second-order valence-corrected chi connectivity index (χ2v) is 8.84.